The van der Waals surface area contributed by atoms with Gasteiger partial charge in [0.25, 0.3) is 5.91 Å². The van der Waals surface area contributed by atoms with Crippen molar-refractivity contribution in [2.24, 2.45) is 0 Å². The molecule has 0 aliphatic carbocycles. The molecule has 0 aromatic heterocycles. The molecular formula is C17H24FN3O2. The molecule has 5 nitrogen and oxygen atoms in total. The lowest BCUT2D eigenvalue weighted by atomic mass is 9.89. The van der Waals surface area contributed by atoms with E-state index in [1.54, 1.807) is 12.1 Å². The standard InChI is InChI=1S/C17H24FN3O2/c1-21-11-15(23-17(12-21)6-8-19-9-7-17)16(22)20-10-13-2-4-14(18)5-3-13/h2-5,15,19H,6-12H2,1H3,(H,20,22)/t15-/m1/s1. The maximum absolute atomic E-state index is 12.9. The summed E-state index contributed by atoms with van der Waals surface area (Å²) >= 11 is 0. The molecule has 2 fully saturated rings. The van der Waals surface area contributed by atoms with Crippen molar-refractivity contribution in [2.45, 2.75) is 31.1 Å². The summed E-state index contributed by atoms with van der Waals surface area (Å²) in [5, 5.41) is 6.24. The number of morpholine rings is 1. The van der Waals surface area contributed by atoms with Crippen LogP contribution in [-0.2, 0) is 16.1 Å². The molecule has 126 valence electrons. The van der Waals surface area contributed by atoms with Gasteiger partial charge in [-0.25, -0.2) is 4.39 Å². The second-order valence-corrected chi connectivity index (χ2v) is 6.58. The monoisotopic (exact) mass is 321 g/mol. The van der Waals surface area contributed by atoms with E-state index >= 15 is 0 Å². The number of benzene rings is 1. The Morgan fingerprint density at radius 1 is 1.39 bits per heavy atom. The lowest BCUT2D eigenvalue weighted by Gasteiger charge is -2.46. The molecule has 2 saturated heterocycles. The molecule has 1 aromatic carbocycles. The van der Waals surface area contributed by atoms with Crippen LogP contribution >= 0.6 is 0 Å². The summed E-state index contributed by atoms with van der Waals surface area (Å²) in [5.74, 6) is -0.371. The van der Waals surface area contributed by atoms with Gasteiger partial charge in [0.2, 0.25) is 0 Å². The van der Waals surface area contributed by atoms with Crippen molar-refractivity contribution in [3.8, 4) is 0 Å². The molecule has 2 N–H and O–H groups in total. The number of carbonyl (C=O) groups excluding carboxylic acids is 1. The fourth-order valence-corrected chi connectivity index (χ4v) is 3.42. The number of nitrogens with zero attached hydrogens (tertiary/aromatic N) is 1. The number of amides is 1. The molecule has 0 unspecified atom stereocenters. The quantitative estimate of drug-likeness (QED) is 0.868. The predicted octanol–water partition coefficient (Wildman–Crippen LogP) is 0.895. The highest BCUT2D eigenvalue weighted by molar-refractivity contribution is 5.81. The first-order valence-electron chi connectivity index (χ1n) is 8.16. The lowest BCUT2D eigenvalue weighted by molar-refractivity contribution is -0.176. The fraction of sp³-hybridized carbons (Fsp3) is 0.588. The zero-order valence-electron chi connectivity index (χ0n) is 13.5. The van der Waals surface area contributed by atoms with E-state index in [0.29, 0.717) is 13.1 Å². The number of nitrogens with one attached hydrogen (secondary N) is 2. The van der Waals surface area contributed by atoms with Crippen LogP contribution in [0.3, 0.4) is 0 Å². The topological polar surface area (TPSA) is 53.6 Å². The molecule has 0 bridgehead atoms. The van der Waals surface area contributed by atoms with Crippen LogP contribution in [0.25, 0.3) is 0 Å². The van der Waals surface area contributed by atoms with Crippen molar-refractivity contribution in [2.75, 3.05) is 33.2 Å². The zero-order chi connectivity index (χ0) is 16.3. The number of halogens is 1. The van der Waals surface area contributed by atoms with Gasteiger partial charge in [0, 0.05) is 19.6 Å². The van der Waals surface area contributed by atoms with Crippen LogP contribution < -0.4 is 10.6 Å². The van der Waals surface area contributed by atoms with Gasteiger partial charge >= 0.3 is 0 Å². The Kier molecular flexibility index (Phi) is 4.94. The Morgan fingerprint density at radius 2 is 2.09 bits per heavy atom. The third-order valence-electron chi connectivity index (χ3n) is 4.62. The Hall–Kier alpha value is -1.50. The van der Waals surface area contributed by atoms with Crippen molar-refractivity contribution in [1.29, 1.82) is 0 Å². The SMILES string of the molecule is CN1C[C@H](C(=O)NCc2ccc(F)cc2)OC2(CCNCC2)C1. The summed E-state index contributed by atoms with van der Waals surface area (Å²) in [4.78, 5) is 14.6. The van der Waals surface area contributed by atoms with E-state index in [1.165, 1.54) is 12.1 Å². The first-order valence-corrected chi connectivity index (χ1v) is 8.16. The molecule has 1 amide bonds. The summed E-state index contributed by atoms with van der Waals surface area (Å²) in [6.45, 7) is 3.72. The minimum absolute atomic E-state index is 0.0983. The summed E-state index contributed by atoms with van der Waals surface area (Å²) in [5.41, 5.74) is 0.663. The number of rotatable bonds is 3. The number of hydrogen-bond donors (Lipinski definition) is 2. The first-order chi connectivity index (χ1) is 11.1. The van der Waals surface area contributed by atoms with E-state index in [0.717, 1.165) is 38.0 Å². The largest absolute Gasteiger partial charge is 0.359 e. The predicted molar refractivity (Wildman–Crippen MR) is 85.5 cm³/mol. The van der Waals surface area contributed by atoms with Crippen molar-refractivity contribution in [3.05, 3.63) is 35.6 Å². The van der Waals surface area contributed by atoms with E-state index in [9.17, 15) is 9.18 Å². The van der Waals surface area contributed by atoms with Gasteiger partial charge < -0.3 is 20.3 Å². The van der Waals surface area contributed by atoms with Crippen LogP contribution in [0, 0.1) is 5.82 Å². The number of ether oxygens (including phenoxy) is 1. The van der Waals surface area contributed by atoms with E-state index in [4.69, 9.17) is 4.74 Å². The van der Waals surface area contributed by atoms with Crippen molar-refractivity contribution >= 4 is 5.91 Å². The summed E-state index contributed by atoms with van der Waals surface area (Å²) < 4.78 is 19.1. The maximum Gasteiger partial charge on any atom is 0.250 e. The first kappa shape index (κ1) is 16.4. The highest BCUT2D eigenvalue weighted by atomic mass is 19.1. The van der Waals surface area contributed by atoms with Crippen molar-refractivity contribution in [1.82, 2.24) is 15.5 Å². The molecule has 2 heterocycles. The molecule has 2 aliphatic heterocycles. The Morgan fingerprint density at radius 3 is 2.78 bits per heavy atom. The number of piperidine rings is 1. The molecule has 0 radical (unpaired) electrons. The normalized spacial score (nSPS) is 24.5. The van der Waals surface area contributed by atoms with Crippen LogP contribution in [0.1, 0.15) is 18.4 Å². The van der Waals surface area contributed by atoms with Crippen LogP contribution in [-0.4, -0.2) is 55.7 Å². The Balaban J connectivity index is 1.58. The minimum Gasteiger partial charge on any atom is -0.359 e. The van der Waals surface area contributed by atoms with Gasteiger partial charge in [-0.15, -0.1) is 0 Å². The third-order valence-corrected chi connectivity index (χ3v) is 4.62. The van der Waals surface area contributed by atoms with Crippen LogP contribution in [0.15, 0.2) is 24.3 Å². The van der Waals surface area contributed by atoms with Gasteiger partial charge in [-0.05, 0) is 50.7 Å². The molecule has 6 heteroatoms. The highest BCUT2D eigenvalue weighted by Gasteiger charge is 2.42. The van der Waals surface area contributed by atoms with Gasteiger partial charge in [0.15, 0.2) is 0 Å². The summed E-state index contributed by atoms with van der Waals surface area (Å²) in [7, 11) is 2.03. The van der Waals surface area contributed by atoms with Crippen molar-refractivity contribution < 1.29 is 13.9 Å². The Bertz CT molecular complexity index is 543. The molecule has 3 rings (SSSR count). The average molecular weight is 321 g/mol. The molecule has 0 saturated carbocycles. The van der Waals surface area contributed by atoms with Crippen LogP contribution in [0.2, 0.25) is 0 Å². The molecule has 2 aliphatic rings. The second kappa shape index (κ2) is 6.95. The maximum atomic E-state index is 12.9. The average Bonchev–Trinajstić information content (AvgIpc) is 2.54. The van der Waals surface area contributed by atoms with E-state index < -0.39 is 6.10 Å². The van der Waals surface area contributed by atoms with Crippen LogP contribution in [0.5, 0.6) is 0 Å². The van der Waals surface area contributed by atoms with Gasteiger partial charge in [0.1, 0.15) is 11.9 Å². The van der Waals surface area contributed by atoms with E-state index in [1.807, 2.05) is 7.05 Å². The lowest BCUT2D eigenvalue weighted by Crippen LogP contribution is -2.61. The van der Waals surface area contributed by atoms with Crippen molar-refractivity contribution in [3.63, 3.8) is 0 Å². The second-order valence-electron chi connectivity index (χ2n) is 6.58. The number of hydrogen-bond acceptors (Lipinski definition) is 4. The van der Waals surface area contributed by atoms with Gasteiger partial charge in [-0.2, -0.15) is 0 Å². The summed E-state index contributed by atoms with van der Waals surface area (Å²) in [6.07, 6.45) is 1.41. The Labute approximate surface area is 136 Å². The van der Waals surface area contributed by atoms with Gasteiger partial charge in [-0.3, -0.25) is 4.79 Å². The molecule has 1 spiro atoms. The minimum atomic E-state index is -0.452. The molecule has 1 aromatic rings. The highest BCUT2D eigenvalue weighted by Crippen LogP contribution is 2.29. The smallest absolute Gasteiger partial charge is 0.250 e. The van der Waals surface area contributed by atoms with E-state index in [2.05, 4.69) is 15.5 Å². The van der Waals surface area contributed by atoms with Gasteiger partial charge in [-0.1, -0.05) is 12.1 Å². The molecule has 1 atom stereocenters. The van der Waals surface area contributed by atoms with E-state index in [-0.39, 0.29) is 17.3 Å². The van der Waals surface area contributed by atoms with Crippen LogP contribution in [0.4, 0.5) is 4.39 Å². The molecule has 23 heavy (non-hydrogen) atoms. The third kappa shape index (κ3) is 4.07. The molecular weight excluding hydrogens is 297 g/mol. The summed E-state index contributed by atoms with van der Waals surface area (Å²) in [6, 6.07) is 6.16. The number of likely N-dealkylation sites (N-methyl/N-ethyl adjacent to an activating group) is 1. The van der Waals surface area contributed by atoms with Gasteiger partial charge in [0.05, 0.1) is 5.60 Å². The fourth-order valence-electron chi connectivity index (χ4n) is 3.42. The zero-order valence-corrected chi connectivity index (χ0v) is 13.5. The number of carbonyl (C=O) groups is 1.